The Labute approximate surface area is 122 Å². The molecule has 114 valence electrons. The average molecular weight is 294 g/mol. The van der Waals surface area contributed by atoms with Gasteiger partial charge in [-0.25, -0.2) is 4.79 Å². The van der Waals surface area contributed by atoms with Gasteiger partial charge in [0.1, 0.15) is 11.7 Å². The van der Waals surface area contributed by atoms with E-state index in [9.17, 15) is 24.8 Å². The van der Waals surface area contributed by atoms with Gasteiger partial charge in [-0.2, -0.15) is 0 Å². The first-order chi connectivity index (χ1) is 9.79. The molecule has 0 saturated heterocycles. The van der Waals surface area contributed by atoms with Gasteiger partial charge in [-0.15, -0.1) is 0 Å². The monoisotopic (exact) mass is 294 g/mol. The van der Waals surface area contributed by atoms with Crippen molar-refractivity contribution in [3.8, 4) is 0 Å². The first kappa shape index (κ1) is 16.6. The van der Waals surface area contributed by atoms with Crippen LogP contribution < -0.4 is 4.90 Å². The highest BCUT2D eigenvalue weighted by atomic mass is 16.6. The normalized spacial score (nSPS) is 12.0. The largest absolute Gasteiger partial charge is 0.480 e. The minimum absolute atomic E-state index is 0.00282. The molecule has 0 aliphatic carbocycles. The van der Waals surface area contributed by atoms with Gasteiger partial charge in [0.15, 0.2) is 0 Å². The predicted molar refractivity (Wildman–Crippen MR) is 77.3 cm³/mol. The standard InChI is InChI=1S/C14H18N2O5/c1-9(2)7-12(14(18)19)15(8-17)11-6-4-5-10(3)13(11)16(20)21/h4-6,8-9,12H,7H2,1-3H3,(H,18,19). The number of hydrogen-bond acceptors (Lipinski definition) is 4. The fourth-order valence-electron chi connectivity index (χ4n) is 2.17. The second-order valence-electron chi connectivity index (χ2n) is 5.20. The number of carbonyl (C=O) groups excluding carboxylic acids is 1. The van der Waals surface area contributed by atoms with E-state index in [1.54, 1.807) is 19.1 Å². The number of nitro groups is 1. The summed E-state index contributed by atoms with van der Waals surface area (Å²) in [6, 6.07) is 3.35. The maximum absolute atomic E-state index is 11.4. The minimum Gasteiger partial charge on any atom is -0.480 e. The second kappa shape index (κ2) is 6.83. The van der Waals surface area contributed by atoms with E-state index in [0.29, 0.717) is 12.0 Å². The van der Waals surface area contributed by atoms with Crippen molar-refractivity contribution in [1.29, 1.82) is 0 Å². The van der Waals surface area contributed by atoms with Crippen LogP contribution in [0, 0.1) is 23.0 Å². The molecule has 0 heterocycles. The highest BCUT2D eigenvalue weighted by Crippen LogP contribution is 2.32. The van der Waals surface area contributed by atoms with Crippen LogP contribution in [0.4, 0.5) is 11.4 Å². The number of anilines is 1. The minimum atomic E-state index is -1.19. The highest BCUT2D eigenvalue weighted by Gasteiger charge is 2.31. The molecule has 0 aromatic heterocycles. The number of benzene rings is 1. The lowest BCUT2D eigenvalue weighted by atomic mass is 10.0. The van der Waals surface area contributed by atoms with Crippen molar-refractivity contribution in [3.63, 3.8) is 0 Å². The van der Waals surface area contributed by atoms with Crippen molar-refractivity contribution in [2.24, 2.45) is 5.92 Å². The third-order valence-corrected chi connectivity index (χ3v) is 3.11. The summed E-state index contributed by atoms with van der Waals surface area (Å²) < 4.78 is 0. The quantitative estimate of drug-likeness (QED) is 0.472. The van der Waals surface area contributed by atoms with Crippen LogP contribution in [0.3, 0.4) is 0 Å². The van der Waals surface area contributed by atoms with Gasteiger partial charge in [0, 0.05) is 5.56 Å². The van der Waals surface area contributed by atoms with Crippen LogP contribution in [-0.4, -0.2) is 28.5 Å². The van der Waals surface area contributed by atoms with E-state index in [2.05, 4.69) is 0 Å². The Bertz CT molecular complexity index is 556. The zero-order valence-corrected chi connectivity index (χ0v) is 12.1. The van der Waals surface area contributed by atoms with Crippen molar-refractivity contribution in [3.05, 3.63) is 33.9 Å². The molecule has 1 rings (SSSR count). The van der Waals surface area contributed by atoms with Crippen LogP contribution in [-0.2, 0) is 9.59 Å². The number of rotatable bonds is 7. The molecule has 0 spiro atoms. The maximum atomic E-state index is 11.4. The zero-order valence-electron chi connectivity index (χ0n) is 12.1. The van der Waals surface area contributed by atoms with Gasteiger partial charge in [0.25, 0.3) is 5.69 Å². The number of hydrogen-bond donors (Lipinski definition) is 1. The molecule has 0 fully saturated rings. The first-order valence-electron chi connectivity index (χ1n) is 6.50. The fraction of sp³-hybridized carbons (Fsp3) is 0.429. The van der Waals surface area contributed by atoms with Crippen LogP contribution in [0.1, 0.15) is 25.8 Å². The molecule has 7 nitrogen and oxygen atoms in total. The maximum Gasteiger partial charge on any atom is 0.326 e. The molecule has 0 radical (unpaired) electrons. The average Bonchev–Trinajstić information content (AvgIpc) is 2.37. The molecule has 0 bridgehead atoms. The molecule has 1 amide bonds. The lowest BCUT2D eigenvalue weighted by molar-refractivity contribution is -0.384. The number of aryl methyl sites for hydroxylation is 1. The summed E-state index contributed by atoms with van der Waals surface area (Å²) in [6.45, 7) is 5.19. The number of nitro benzene ring substituents is 1. The second-order valence-corrected chi connectivity index (χ2v) is 5.20. The summed E-state index contributed by atoms with van der Waals surface area (Å²) in [6.07, 6.45) is 0.544. The molecule has 1 unspecified atom stereocenters. The van der Waals surface area contributed by atoms with Gasteiger partial charge >= 0.3 is 5.97 Å². The van der Waals surface area contributed by atoms with Crippen molar-refractivity contribution < 1.29 is 19.6 Å². The third-order valence-electron chi connectivity index (χ3n) is 3.11. The number of carbonyl (C=O) groups is 2. The smallest absolute Gasteiger partial charge is 0.326 e. The Kier molecular flexibility index (Phi) is 5.40. The molecule has 21 heavy (non-hydrogen) atoms. The number of aliphatic carboxylic acids is 1. The van der Waals surface area contributed by atoms with Crippen molar-refractivity contribution >= 4 is 23.8 Å². The molecule has 1 N–H and O–H groups in total. The van der Waals surface area contributed by atoms with Crippen LogP contribution in [0.25, 0.3) is 0 Å². The van der Waals surface area contributed by atoms with Gasteiger partial charge in [0.2, 0.25) is 6.41 Å². The third kappa shape index (κ3) is 3.77. The zero-order chi connectivity index (χ0) is 16.2. The molecule has 0 aliphatic rings. The van der Waals surface area contributed by atoms with E-state index < -0.39 is 16.9 Å². The van der Waals surface area contributed by atoms with Gasteiger partial charge < -0.3 is 5.11 Å². The van der Waals surface area contributed by atoms with E-state index in [4.69, 9.17) is 0 Å². The Hall–Kier alpha value is -2.44. The summed E-state index contributed by atoms with van der Waals surface area (Å²) in [5, 5.41) is 20.5. The predicted octanol–water partition coefficient (Wildman–Crippen LogP) is 2.37. The molecule has 7 heteroatoms. The van der Waals surface area contributed by atoms with E-state index in [0.717, 1.165) is 4.90 Å². The Morgan fingerprint density at radius 1 is 1.48 bits per heavy atom. The molecule has 1 aromatic carbocycles. The van der Waals surface area contributed by atoms with E-state index in [1.165, 1.54) is 6.07 Å². The van der Waals surface area contributed by atoms with E-state index in [1.807, 2.05) is 13.8 Å². The van der Waals surface area contributed by atoms with E-state index >= 15 is 0 Å². The molecular formula is C14H18N2O5. The van der Waals surface area contributed by atoms with Gasteiger partial charge in [-0.05, 0) is 25.3 Å². The van der Waals surface area contributed by atoms with Gasteiger partial charge in [0.05, 0.1) is 4.92 Å². The fourth-order valence-corrected chi connectivity index (χ4v) is 2.17. The van der Waals surface area contributed by atoms with Gasteiger partial charge in [-0.3, -0.25) is 19.8 Å². The van der Waals surface area contributed by atoms with E-state index in [-0.39, 0.29) is 23.7 Å². The summed E-state index contributed by atoms with van der Waals surface area (Å²) in [5.74, 6) is -1.16. The molecule has 0 saturated carbocycles. The highest BCUT2D eigenvalue weighted by molar-refractivity contribution is 5.91. The van der Waals surface area contributed by atoms with Crippen molar-refractivity contribution in [1.82, 2.24) is 0 Å². The van der Waals surface area contributed by atoms with Crippen LogP contribution in [0.5, 0.6) is 0 Å². The number of amides is 1. The number of nitrogens with zero attached hydrogens (tertiary/aromatic N) is 2. The Morgan fingerprint density at radius 2 is 2.10 bits per heavy atom. The lowest BCUT2D eigenvalue weighted by Crippen LogP contribution is -2.41. The Morgan fingerprint density at radius 3 is 2.52 bits per heavy atom. The van der Waals surface area contributed by atoms with Gasteiger partial charge in [-0.1, -0.05) is 26.0 Å². The summed E-state index contributed by atoms with van der Waals surface area (Å²) in [4.78, 5) is 34.3. The van der Waals surface area contributed by atoms with Crippen LogP contribution in [0.15, 0.2) is 18.2 Å². The number of para-hydroxylation sites is 1. The van der Waals surface area contributed by atoms with Crippen molar-refractivity contribution in [2.45, 2.75) is 33.2 Å². The number of carboxylic acid groups (broad SMARTS) is 1. The summed E-state index contributed by atoms with van der Waals surface area (Å²) in [7, 11) is 0. The first-order valence-corrected chi connectivity index (χ1v) is 6.50. The number of carboxylic acids is 1. The molecule has 1 aromatic rings. The summed E-state index contributed by atoms with van der Waals surface area (Å²) in [5.41, 5.74) is 0.126. The molecular weight excluding hydrogens is 276 g/mol. The summed E-state index contributed by atoms with van der Waals surface area (Å²) >= 11 is 0. The SMILES string of the molecule is Cc1cccc(N(C=O)C(CC(C)C)C(=O)O)c1[N+](=O)[O-]. The van der Waals surface area contributed by atoms with Crippen molar-refractivity contribution in [2.75, 3.05) is 4.90 Å². The lowest BCUT2D eigenvalue weighted by Gasteiger charge is -2.26. The van der Waals surface area contributed by atoms with Crippen LogP contribution >= 0.6 is 0 Å². The Balaban J connectivity index is 3.38. The molecule has 1 atom stereocenters. The van der Waals surface area contributed by atoms with Crippen LogP contribution in [0.2, 0.25) is 0 Å². The molecule has 0 aliphatic heterocycles. The topological polar surface area (TPSA) is 101 Å².